The largest absolute Gasteiger partial charge is 0.393 e. The standard InChI is InChI=1S/C34H42N4O4S/c1-3-4-28-21-31-33(36-27-11-13-29(39)14-12-27)32(26-9-7-25(8-10-26)23-37-17-19-42-20-18-37)22-35-34(31)38(28)43(40,41)30-15-5-24(2)6-16-30/h5-10,15-16,21-22,27,29,39H,3-4,11-14,17-20,23H2,1-2H3,(H,35,36). The van der Waals surface area contributed by atoms with Crippen molar-refractivity contribution in [3.63, 3.8) is 0 Å². The molecule has 1 saturated heterocycles. The first kappa shape index (κ1) is 29.8. The highest BCUT2D eigenvalue weighted by Gasteiger charge is 2.28. The third-order valence-electron chi connectivity index (χ3n) is 8.75. The molecule has 4 aromatic rings. The van der Waals surface area contributed by atoms with Gasteiger partial charge in [-0.15, -0.1) is 0 Å². The third-order valence-corrected chi connectivity index (χ3v) is 10.5. The normalized spacial score (nSPS) is 20.0. The SMILES string of the molecule is CCCc1cc2c(NC3CCC(O)CC3)c(-c3ccc(CN4CCOCC4)cc3)cnc2n1S(=O)(=O)c1ccc(C)cc1. The number of fused-ring (bicyclic) bond motifs is 1. The molecule has 0 radical (unpaired) electrons. The fraction of sp³-hybridized carbons (Fsp3) is 0.441. The Morgan fingerprint density at radius 1 is 1.00 bits per heavy atom. The van der Waals surface area contributed by atoms with E-state index in [2.05, 4.69) is 41.4 Å². The van der Waals surface area contributed by atoms with E-state index >= 15 is 0 Å². The second-order valence-electron chi connectivity index (χ2n) is 12.0. The lowest BCUT2D eigenvalue weighted by atomic mass is 9.92. The minimum Gasteiger partial charge on any atom is -0.393 e. The maximum atomic E-state index is 14.1. The lowest BCUT2D eigenvalue weighted by Gasteiger charge is -2.28. The average Bonchev–Trinajstić information content (AvgIpc) is 3.39. The number of hydrogen-bond donors (Lipinski definition) is 2. The molecule has 43 heavy (non-hydrogen) atoms. The van der Waals surface area contributed by atoms with E-state index in [1.165, 1.54) is 9.54 Å². The third kappa shape index (κ3) is 6.36. The molecule has 228 valence electrons. The van der Waals surface area contributed by atoms with Gasteiger partial charge >= 0.3 is 0 Å². The molecule has 2 N–H and O–H groups in total. The van der Waals surface area contributed by atoms with E-state index in [-0.39, 0.29) is 17.0 Å². The van der Waals surface area contributed by atoms with E-state index in [4.69, 9.17) is 9.72 Å². The van der Waals surface area contributed by atoms with Crippen molar-refractivity contribution < 1.29 is 18.3 Å². The highest BCUT2D eigenvalue weighted by Crippen LogP contribution is 2.39. The predicted molar refractivity (Wildman–Crippen MR) is 171 cm³/mol. The van der Waals surface area contributed by atoms with Crippen molar-refractivity contribution in [3.8, 4) is 11.1 Å². The molecule has 8 nitrogen and oxygen atoms in total. The van der Waals surface area contributed by atoms with Crippen LogP contribution in [-0.4, -0.2) is 65.8 Å². The first-order valence-electron chi connectivity index (χ1n) is 15.5. The van der Waals surface area contributed by atoms with Crippen molar-refractivity contribution in [3.05, 3.63) is 77.6 Å². The van der Waals surface area contributed by atoms with Crippen LogP contribution >= 0.6 is 0 Å². The number of morpholine rings is 1. The zero-order valence-corrected chi connectivity index (χ0v) is 25.9. The molecule has 6 rings (SSSR count). The summed E-state index contributed by atoms with van der Waals surface area (Å²) in [6, 6.07) is 17.8. The summed E-state index contributed by atoms with van der Waals surface area (Å²) in [6.07, 6.45) is 6.19. The summed E-state index contributed by atoms with van der Waals surface area (Å²) < 4.78 is 35.1. The van der Waals surface area contributed by atoms with E-state index in [1.54, 1.807) is 12.1 Å². The van der Waals surface area contributed by atoms with Gasteiger partial charge in [0.25, 0.3) is 10.0 Å². The maximum Gasteiger partial charge on any atom is 0.269 e. The van der Waals surface area contributed by atoms with Crippen molar-refractivity contribution >= 4 is 26.7 Å². The van der Waals surface area contributed by atoms with Crippen molar-refractivity contribution in [2.75, 3.05) is 31.6 Å². The monoisotopic (exact) mass is 602 g/mol. The van der Waals surface area contributed by atoms with E-state index in [1.807, 2.05) is 31.3 Å². The Balaban J connectivity index is 1.44. The molecular weight excluding hydrogens is 560 g/mol. The predicted octanol–water partition coefficient (Wildman–Crippen LogP) is 5.75. The van der Waals surface area contributed by atoms with Gasteiger partial charge in [0.1, 0.15) is 0 Å². The van der Waals surface area contributed by atoms with Gasteiger partial charge in [-0.3, -0.25) is 4.90 Å². The van der Waals surface area contributed by atoms with E-state index in [0.29, 0.717) is 12.1 Å². The molecule has 0 atom stereocenters. The minimum atomic E-state index is -3.87. The van der Waals surface area contributed by atoms with Crippen molar-refractivity contribution in [2.45, 2.75) is 76.0 Å². The van der Waals surface area contributed by atoms with Crippen LogP contribution in [0.2, 0.25) is 0 Å². The molecule has 0 spiro atoms. The molecular formula is C34H42N4O4S. The number of nitrogens with zero attached hydrogens (tertiary/aromatic N) is 3. The van der Waals surface area contributed by atoms with Crippen LogP contribution in [0.1, 0.15) is 55.8 Å². The number of anilines is 1. The number of aromatic nitrogens is 2. The van der Waals surface area contributed by atoms with Crippen LogP contribution in [0.15, 0.2) is 65.7 Å². The van der Waals surface area contributed by atoms with Gasteiger partial charge in [0.15, 0.2) is 5.65 Å². The summed E-state index contributed by atoms with van der Waals surface area (Å²) in [7, 11) is -3.87. The molecule has 2 aromatic carbocycles. The molecule has 1 aliphatic heterocycles. The Hall–Kier alpha value is -3.24. The Bertz CT molecular complexity index is 1650. The molecule has 3 heterocycles. The van der Waals surface area contributed by atoms with Crippen LogP contribution in [0.25, 0.3) is 22.2 Å². The zero-order valence-electron chi connectivity index (χ0n) is 25.1. The van der Waals surface area contributed by atoms with Crippen LogP contribution < -0.4 is 5.32 Å². The van der Waals surface area contributed by atoms with Crippen LogP contribution in [0.4, 0.5) is 5.69 Å². The topological polar surface area (TPSA) is 96.7 Å². The number of aliphatic hydroxyl groups excluding tert-OH is 1. The number of ether oxygens (including phenoxy) is 1. The number of aryl methyl sites for hydroxylation is 2. The minimum absolute atomic E-state index is 0.181. The summed E-state index contributed by atoms with van der Waals surface area (Å²) in [5.41, 5.74) is 6.31. The van der Waals surface area contributed by atoms with Crippen LogP contribution in [0, 0.1) is 6.92 Å². The first-order chi connectivity index (χ1) is 20.8. The molecule has 2 aliphatic rings. The number of nitrogens with one attached hydrogen (secondary N) is 1. The van der Waals surface area contributed by atoms with Crippen molar-refractivity contribution in [1.29, 1.82) is 0 Å². The number of rotatable bonds is 9. The van der Waals surface area contributed by atoms with Gasteiger partial charge in [0, 0.05) is 48.5 Å². The highest BCUT2D eigenvalue weighted by atomic mass is 32.2. The number of aliphatic hydroxyl groups is 1. The molecule has 0 amide bonds. The van der Waals surface area contributed by atoms with Crippen LogP contribution in [-0.2, 0) is 27.7 Å². The van der Waals surface area contributed by atoms with Gasteiger partial charge in [0.05, 0.1) is 29.9 Å². The van der Waals surface area contributed by atoms with E-state index in [9.17, 15) is 13.5 Å². The van der Waals surface area contributed by atoms with Gasteiger partial charge in [-0.25, -0.2) is 17.4 Å². The lowest BCUT2D eigenvalue weighted by Crippen LogP contribution is -2.35. The highest BCUT2D eigenvalue weighted by molar-refractivity contribution is 7.90. The number of benzene rings is 2. The molecule has 9 heteroatoms. The summed E-state index contributed by atoms with van der Waals surface area (Å²) in [5, 5.41) is 14.7. The number of hydrogen-bond acceptors (Lipinski definition) is 7. The first-order valence-corrected chi connectivity index (χ1v) is 17.0. The van der Waals surface area contributed by atoms with Gasteiger partial charge < -0.3 is 15.2 Å². The quantitative estimate of drug-likeness (QED) is 0.252. The Kier molecular flexibility index (Phi) is 8.86. The Labute approximate surface area is 254 Å². The molecule has 1 saturated carbocycles. The number of pyridine rings is 1. The van der Waals surface area contributed by atoms with Gasteiger partial charge in [-0.05, 0) is 68.4 Å². The van der Waals surface area contributed by atoms with Gasteiger partial charge in [-0.2, -0.15) is 0 Å². The fourth-order valence-electron chi connectivity index (χ4n) is 6.30. The second-order valence-corrected chi connectivity index (χ2v) is 13.8. The molecule has 1 aliphatic carbocycles. The smallest absolute Gasteiger partial charge is 0.269 e. The van der Waals surface area contributed by atoms with E-state index in [0.717, 1.165) is 98.4 Å². The van der Waals surface area contributed by atoms with Crippen LogP contribution in [0.5, 0.6) is 0 Å². The molecule has 2 fully saturated rings. The summed E-state index contributed by atoms with van der Waals surface area (Å²) >= 11 is 0. The van der Waals surface area contributed by atoms with Crippen molar-refractivity contribution in [2.24, 2.45) is 0 Å². The maximum absolute atomic E-state index is 14.1. The molecule has 2 aromatic heterocycles. The lowest BCUT2D eigenvalue weighted by molar-refractivity contribution is 0.0342. The molecule has 0 unspecified atom stereocenters. The Morgan fingerprint density at radius 3 is 2.37 bits per heavy atom. The Morgan fingerprint density at radius 2 is 1.70 bits per heavy atom. The van der Waals surface area contributed by atoms with Crippen LogP contribution in [0.3, 0.4) is 0 Å². The molecule has 0 bridgehead atoms. The van der Waals surface area contributed by atoms with Gasteiger partial charge in [0.2, 0.25) is 0 Å². The zero-order chi connectivity index (χ0) is 30.0. The van der Waals surface area contributed by atoms with E-state index < -0.39 is 10.0 Å². The fourth-order valence-corrected chi connectivity index (χ4v) is 7.81. The summed E-state index contributed by atoms with van der Waals surface area (Å²) in [5.74, 6) is 0. The average molecular weight is 603 g/mol. The second kappa shape index (κ2) is 12.8. The van der Waals surface area contributed by atoms with Crippen molar-refractivity contribution in [1.82, 2.24) is 13.9 Å². The summed E-state index contributed by atoms with van der Waals surface area (Å²) in [4.78, 5) is 7.49. The summed E-state index contributed by atoms with van der Waals surface area (Å²) in [6.45, 7) is 8.32. The van der Waals surface area contributed by atoms with Gasteiger partial charge in [-0.1, -0.05) is 55.3 Å².